The Bertz CT molecular complexity index is 717. The van der Waals surface area contributed by atoms with Crippen LogP contribution in [0.1, 0.15) is 17.7 Å². The first-order valence-corrected chi connectivity index (χ1v) is 8.37. The Kier molecular flexibility index (Phi) is 4.67. The van der Waals surface area contributed by atoms with Gasteiger partial charge in [-0.05, 0) is 24.6 Å². The normalized spacial score (nSPS) is 20.1. The summed E-state index contributed by atoms with van der Waals surface area (Å²) in [6.45, 7) is 1.99. The minimum atomic E-state index is -0.880. The number of anilines is 1. The van der Waals surface area contributed by atoms with E-state index in [1.54, 1.807) is 6.92 Å². The lowest BCUT2D eigenvalue weighted by molar-refractivity contribution is -0.150. The van der Waals surface area contributed by atoms with Crippen molar-refractivity contribution in [1.29, 1.82) is 0 Å². The van der Waals surface area contributed by atoms with E-state index in [1.165, 1.54) is 11.8 Å². The van der Waals surface area contributed by atoms with E-state index in [-0.39, 0.29) is 17.8 Å². The fourth-order valence-electron chi connectivity index (χ4n) is 2.59. The number of carbonyl (C=O) groups is 2. The number of hydrogen-bond acceptors (Lipinski definition) is 4. The van der Waals surface area contributed by atoms with Crippen LogP contribution in [0, 0.1) is 5.92 Å². The predicted molar refractivity (Wildman–Crippen MR) is 90.2 cm³/mol. The lowest BCUT2D eigenvalue weighted by atomic mass is 9.97. The van der Waals surface area contributed by atoms with Crippen LogP contribution in [0.2, 0.25) is 0 Å². The van der Waals surface area contributed by atoms with E-state index in [4.69, 9.17) is 4.74 Å². The third-order valence-electron chi connectivity index (χ3n) is 3.65. The quantitative estimate of drug-likeness (QED) is 0.690. The molecule has 0 radical (unpaired) electrons. The van der Waals surface area contributed by atoms with Crippen LogP contribution in [0.25, 0.3) is 0 Å². The number of esters is 1. The summed E-state index contributed by atoms with van der Waals surface area (Å²) in [4.78, 5) is 26.0. The molecule has 1 aliphatic rings. The molecule has 4 nitrogen and oxygen atoms in total. The monoisotopic (exact) mass is 327 g/mol. The van der Waals surface area contributed by atoms with Gasteiger partial charge in [0.2, 0.25) is 5.91 Å². The van der Waals surface area contributed by atoms with Crippen LogP contribution in [0.15, 0.2) is 59.5 Å². The van der Waals surface area contributed by atoms with Gasteiger partial charge in [-0.15, -0.1) is 11.8 Å². The minimum Gasteiger partial charge on any atom is -0.465 e. The zero-order valence-electron chi connectivity index (χ0n) is 12.7. The molecule has 0 bridgehead atoms. The largest absolute Gasteiger partial charge is 0.465 e. The van der Waals surface area contributed by atoms with Crippen LogP contribution in [-0.4, -0.2) is 18.5 Å². The zero-order chi connectivity index (χ0) is 16.2. The number of rotatable bonds is 3. The van der Waals surface area contributed by atoms with E-state index in [0.29, 0.717) is 0 Å². The number of amides is 1. The summed E-state index contributed by atoms with van der Waals surface area (Å²) in [6.07, 6.45) is 0. The Morgan fingerprint density at radius 1 is 1.13 bits per heavy atom. The van der Waals surface area contributed by atoms with Crippen molar-refractivity contribution >= 4 is 29.3 Å². The zero-order valence-corrected chi connectivity index (χ0v) is 13.5. The lowest BCUT2D eigenvalue weighted by Crippen LogP contribution is -2.33. The van der Waals surface area contributed by atoms with Crippen molar-refractivity contribution in [2.75, 3.05) is 11.9 Å². The molecule has 3 rings (SSSR count). The highest BCUT2D eigenvalue weighted by molar-refractivity contribution is 7.99. The van der Waals surface area contributed by atoms with Crippen LogP contribution in [0.5, 0.6) is 0 Å². The van der Waals surface area contributed by atoms with E-state index in [2.05, 4.69) is 5.32 Å². The summed E-state index contributed by atoms with van der Waals surface area (Å²) in [5.74, 6) is -1.69. The fraction of sp³-hybridized carbons (Fsp3) is 0.222. The van der Waals surface area contributed by atoms with Gasteiger partial charge in [-0.2, -0.15) is 0 Å². The molecule has 0 aromatic heterocycles. The molecule has 0 saturated heterocycles. The first-order chi connectivity index (χ1) is 11.2. The Hall–Kier alpha value is -2.27. The smallest absolute Gasteiger partial charge is 0.320 e. The Morgan fingerprint density at radius 3 is 2.57 bits per heavy atom. The molecular weight excluding hydrogens is 310 g/mol. The number of para-hydroxylation sites is 1. The first-order valence-electron chi connectivity index (χ1n) is 7.49. The number of benzene rings is 2. The second-order valence-corrected chi connectivity index (χ2v) is 6.35. The highest BCUT2D eigenvalue weighted by Gasteiger charge is 2.40. The van der Waals surface area contributed by atoms with Gasteiger partial charge in [0.1, 0.15) is 0 Å². The highest BCUT2D eigenvalue weighted by atomic mass is 32.2. The number of hydrogen-bond donors (Lipinski definition) is 1. The summed E-state index contributed by atoms with van der Waals surface area (Å²) in [6, 6.07) is 17.2. The average Bonchev–Trinajstić information content (AvgIpc) is 2.71. The lowest BCUT2D eigenvalue weighted by Gasteiger charge is -2.21. The van der Waals surface area contributed by atoms with Gasteiger partial charge < -0.3 is 10.1 Å². The molecule has 118 valence electrons. The number of carbonyl (C=O) groups excluding carboxylic acids is 2. The summed E-state index contributed by atoms with van der Waals surface area (Å²) >= 11 is 1.51. The predicted octanol–water partition coefficient (Wildman–Crippen LogP) is 3.65. The van der Waals surface area contributed by atoms with Gasteiger partial charge in [-0.25, -0.2) is 0 Å². The molecule has 2 unspecified atom stereocenters. The number of thioether (sulfide) groups is 1. The van der Waals surface area contributed by atoms with Crippen LogP contribution < -0.4 is 5.32 Å². The third kappa shape index (κ3) is 3.24. The molecule has 0 fully saturated rings. The summed E-state index contributed by atoms with van der Waals surface area (Å²) in [5.41, 5.74) is 1.66. The van der Waals surface area contributed by atoms with Gasteiger partial charge in [0.15, 0.2) is 5.92 Å². The van der Waals surface area contributed by atoms with Gasteiger partial charge in [0.05, 0.1) is 17.5 Å². The standard InChI is InChI=1S/C18H17NO3S/c1-2-22-18(21)15-16(12-8-4-3-5-9-12)23-14-11-7-6-10-13(14)19-17(15)20/h3-11,15-16H,2H2,1H3,(H,19,20). The SMILES string of the molecule is CCOC(=O)C1C(=O)Nc2ccccc2SC1c1ccccc1. The number of nitrogens with one attached hydrogen (secondary N) is 1. The topological polar surface area (TPSA) is 55.4 Å². The molecule has 0 saturated carbocycles. The molecule has 1 aliphatic heterocycles. The van der Waals surface area contributed by atoms with E-state index >= 15 is 0 Å². The van der Waals surface area contributed by atoms with Crippen LogP contribution in [0.3, 0.4) is 0 Å². The van der Waals surface area contributed by atoms with Gasteiger partial charge in [-0.3, -0.25) is 9.59 Å². The summed E-state index contributed by atoms with van der Waals surface area (Å²) in [5, 5.41) is 2.53. The molecule has 2 aromatic carbocycles. The molecule has 1 N–H and O–H groups in total. The fourth-order valence-corrected chi connectivity index (χ4v) is 3.93. The third-order valence-corrected chi connectivity index (χ3v) is 5.06. The molecule has 23 heavy (non-hydrogen) atoms. The molecule has 0 aliphatic carbocycles. The second kappa shape index (κ2) is 6.87. The highest BCUT2D eigenvalue weighted by Crippen LogP contribution is 2.46. The van der Waals surface area contributed by atoms with E-state index in [9.17, 15) is 9.59 Å². The maximum atomic E-state index is 12.7. The molecule has 2 atom stereocenters. The molecule has 1 amide bonds. The van der Waals surface area contributed by atoms with E-state index < -0.39 is 11.9 Å². The minimum absolute atomic E-state index is 0.252. The molecule has 2 aromatic rings. The summed E-state index contributed by atoms with van der Waals surface area (Å²) in [7, 11) is 0. The maximum absolute atomic E-state index is 12.7. The van der Waals surface area contributed by atoms with Crippen molar-refractivity contribution in [2.45, 2.75) is 17.1 Å². The van der Waals surface area contributed by atoms with Crippen LogP contribution in [0.4, 0.5) is 5.69 Å². The average molecular weight is 327 g/mol. The Labute approximate surface area is 139 Å². The first kappa shape index (κ1) is 15.6. The van der Waals surface area contributed by atoms with Crippen molar-refractivity contribution in [3.63, 3.8) is 0 Å². The molecule has 5 heteroatoms. The van der Waals surface area contributed by atoms with Crippen LogP contribution >= 0.6 is 11.8 Å². The number of fused-ring (bicyclic) bond motifs is 1. The van der Waals surface area contributed by atoms with Crippen molar-refractivity contribution < 1.29 is 14.3 Å². The van der Waals surface area contributed by atoms with Crippen molar-refractivity contribution in [3.8, 4) is 0 Å². The van der Waals surface area contributed by atoms with E-state index in [0.717, 1.165) is 16.1 Å². The summed E-state index contributed by atoms with van der Waals surface area (Å²) < 4.78 is 5.14. The Morgan fingerprint density at radius 2 is 1.83 bits per heavy atom. The molecule has 0 spiro atoms. The number of ether oxygens (including phenoxy) is 1. The van der Waals surface area contributed by atoms with Crippen molar-refractivity contribution in [2.24, 2.45) is 5.92 Å². The second-order valence-electron chi connectivity index (χ2n) is 5.16. The Balaban J connectivity index is 2.05. The maximum Gasteiger partial charge on any atom is 0.320 e. The van der Waals surface area contributed by atoms with Crippen LogP contribution in [-0.2, 0) is 14.3 Å². The molecule has 1 heterocycles. The van der Waals surface area contributed by atoms with E-state index in [1.807, 2.05) is 54.6 Å². The van der Waals surface area contributed by atoms with Gasteiger partial charge in [0, 0.05) is 4.90 Å². The van der Waals surface area contributed by atoms with Gasteiger partial charge in [0.25, 0.3) is 0 Å². The van der Waals surface area contributed by atoms with Crippen molar-refractivity contribution in [1.82, 2.24) is 0 Å². The van der Waals surface area contributed by atoms with Gasteiger partial charge in [-0.1, -0.05) is 42.5 Å². The van der Waals surface area contributed by atoms with Crippen molar-refractivity contribution in [3.05, 3.63) is 60.2 Å². The molecular formula is C18H17NO3S. The van der Waals surface area contributed by atoms with Gasteiger partial charge >= 0.3 is 5.97 Å².